The van der Waals surface area contributed by atoms with E-state index in [0.29, 0.717) is 6.42 Å². The number of nitrogens with zero attached hydrogens (tertiary/aromatic N) is 1. The summed E-state index contributed by atoms with van der Waals surface area (Å²) in [6.07, 6.45) is 1.03. The summed E-state index contributed by atoms with van der Waals surface area (Å²) in [4.78, 5) is 27.6. The molecule has 1 aromatic carbocycles. The fraction of sp³-hybridized carbons (Fsp3) is 0.636. The van der Waals surface area contributed by atoms with Gasteiger partial charge in [0.1, 0.15) is 11.6 Å². The second-order valence-corrected chi connectivity index (χ2v) is 9.50. The Labute approximate surface area is 163 Å². The van der Waals surface area contributed by atoms with Crippen LogP contribution in [0.1, 0.15) is 72.9 Å². The lowest BCUT2D eigenvalue weighted by molar-refractivity contribution is -0.127. The third kappa shape index (κ3) is 5.47. The van der Waals surface area contributed by atoms with Crippen molar-refractivity contribution in [3.8, 4) is 0 Å². The maximum Gasteiger partial charge on any atom is 0.411 e. The van der Waals surface area contributed by atoms with Crippen molar-refractivity contribution in [2.45, 2.75) is 85.0 Å². The fourth-order valence-corrected chi connectivity index (χ4v) is 3.62. The van der Waals surface area contributed by atoms with E-state index < -0.39 is 17.7 Å². The highest BCUT2D eigenvalue weighted by molar-refractivity contribution is 5.87. The molecule has 5 heteroatoms. The van der Waals surface area contributed by atoms with Gasteiger partial charge in [-0.3, -0.25) is 9.69 Å². The number of carbonyl (C=O) groups is 2. The van der Waals surface area contributed by atoms with Gasteiger partial charge in [0.2, 0.25) is 5.91 Å². The first-order valence-corrected chi connectivity index (χ1v) is 9.77. The molecule has 1 heterocycles. The molecule has 0 aromatic heterocycles. The number of hydrogen-bond donors (Lipinski definition) is 1. The van der Waals surface area contributed by atoms with E-state index in [1.54, 1.807) is 4.90 Å². The third-order valence-corrected chi connectivity index (χ3v) is 4.95. The Balaban J connectivity index is 2.19. The van der Waals surface area contributed by atoms with Crippen LogP contribution in [0.2, 0.25) is 0 Å². The van der Waals surface area contributed by atoms with Crippen LogP contribution in [0.4, 0.5) is 4.79 Å². The minimum Gasteiger partial charge on any atom is -0.444 e. The van der Waals surface area contributed by atoms with Crippen molar-refractivity contribution >= 4 is 12.0 Å². The predicted molar refractivity (Wildman–Crippen MR) is 107 cm³/mol. The average Bonchev–Trinajstić information content (AvgIpc) is 2.99. The zero-order chi connectivity index (χ0) is 20.4. The van der Waals surface area contributed by atoms with Crippen molar-refractivity contribution in [3.63, 3.8) is 0 Å². The molecule has 1 fully saturated rings. The summed E-state index contributed by atoms with van der Waals surface area (Å²) in [5.74, 6) is -0.121. The number of hydrogen-bond acceptors (Lipinski definition) is 3. The monoisotopic (exact) mass is 374 g/mol. The van der Waals surface area contributed by atoms with Crippen molar-refractivity contribution in [1.29, 1.82) is 0 Å². The lowest BCUT2D eigenvalue weighted by Crippen LogP contribution is -2.53. The first-order chi connectivity index (χ1) is 12.4. The summed E-state index contributed by atoms with van der Waals surface area (Å²) in [5.41, 5.74) is 0.317. The average molecular weight is 375 g/mol. The van der Waals surface area contributed by atoms with E-state index in [2.05, 4.69) is 26.1 Å². The Morgan fingerprint density at radius 1 is 1.07 bits per heavy atom. The molecule has 2 rings (SSSR count). The maximum atomic E-state index is 13.0. The number of rotatable bonds is 3. The molecule has 1 saturated heterocycles. The molecule has 2 amide bonds. The Hall–Kier alpha value is -2.04. The number of nitrogens with one attached hydrogen (secondary N) is 1. The predicted octanol–water partition coefficient (Wildman–Crippen LogP) is 4.68. The van der Waals surface area contributed by atoms with Crippen LogP contribution in [-0.4, -0.2) is 34.6 Å². The molecule has 0 radical (unpaired) electrons. The van der Waals surface area contributed by atoms with Crippen LogP contribution in [0.5, 0.6) is 0 Å². The smallest absolute Gasteiger partial charge is 0.411 e. The topological polar surface area (TPSA) is 58.6 Å². The highest BCUT2D eigenvalue weighted by atomic mass is 16.6. The summed E-state index contributed by atoms with van der Waals surface area (Å²) < 4.78 is 5.62. The van der Waals surface area contributed by atoms with Crippen molar-refractivity contribution < 1.29 is 14.3 Å². The molecule has 27 heavy (non-hydrogen) atoms. The highest BCUT2D eigenvalue weighted by Crippen LogP contribution is 2.37. The molecule has 5 nitrogen and oxygen atoms in total. The summed E-state index contributed by atoms with van der Waals surface area (Å²) >= 11 is 0. The number of amides is 2. The molecule has 0 unspecified atom stereocenters. The molecule has 0 saturated carbocycles. The summed E-state index contributed by atoms with van der Waals surface area (Å²) in [6, 6.07) is 9.18. The van der Waals surface area contributed by atoms with Crippen molar-refractivity contribution in [3.05, 3.63) is 35.9 Å². The molecule has 0 aliphatic carbocycles. The summed E-state index contributed by atoms with van der Waals surface area (Å²) in [5, 5.41) is 3.07. The summed E-state index contributed by atoms with van der Waals surface area (Å²) in [6.45, 7) is 13.8. The molecule has 0 bridgehead atoms. The fourth-order valence-electron chi connectivity index (χ4n) is 3.62. The normalized spacial score (nSPS) is 21.7. The largest absolute Gasteiger partial charge is 0.444 e. The Bertz CT molecular complexity index is 658. The number of carbonyl (C=O) groups excluding carboxylic acids is 2. The van der Waals surface area contributed by atoms with Gasteiger partial charge in [-0.25, -0.2) is 4.79 Å². The molecular weight excluding hydrogens is 340 g/mol. The maximum absolute atomic E-state index is 13.0. The molecule has 1 aliphatic rings. The van der Waals surface area contributed by atoms with Gasteiger partial charge in [0, 0.05) is 6.04 Å². The van der Waals surface area contributed by atoms with E-state index >= 15 is 0 Å². The van der Waals surface area contributed by atoms with Gasteiger partial charge in [-0.1, -0.05) is 51.1 Å². The number of ether oxygens (including phenoxy) is 1. The van der Waals surface area contributed by atoms with Crippen molar-refractivity contribution in [1.82, 2.24) is 10.2 Å². The Morgan fingerprint density at radius 2 is 1.67 bits per heavy atom. The van der Waals surface area contributed by atoms with Crippen LogP contribution >= 0.6 is 0 Å². The van der Waals surface area contributed by atoms with Gasteiger partial charge in [0.15, 0.2) is 0 Å². The van der Waals surface area contributed by atoms with E-state index in [-0.39, 0.29) is 23.4 Å². The van der Waals surface area contributed by atoms with Crippen LogP contribution in [0.25, 0.3) is 0 Å². The molecule has 1 aromatic rings. The van der Waals surface area contributed by atoms with E-state index in [4.69, 9.17) is 4.74 Å². The molecule has 1 N–H and O–H groups in total. The minimum atomic E-state index is -0.597. The van der Waals surface area contributed by atoms with Crippen LogP contribution in [-0.2, 0) is 9.53 Å². The van der Waals surface area contributed by atoms with Gasteiger partial charge >= 0.3 is 6.09 Å². The van der Waals surface area contributed by atoms with E-state index in [1.165, 1.54) is 0 Å². The van der Waals surface area contributed by atoms with Gasteiger partial charge in [0.25, 0.3) is 0 Å². The summed E-state index contributed by atoms with van der Waals surface area (Å²) in [7, 11) is 0. The SMILES string of the molecule is C[C@@H](NC(=O)[C@@H]1CC[C@@H](C(C)(C)C)N1C(=O)OC(C)(C)C)c1ccccc1. The van der Waals surface area contributed by atoms with Crippen molar-refractivity contribution in [2.75, 3.05) is 0 Å². The minimum absolute atomic E-state index is 0.0323. The number of likely N-dealkylation sites (tertiary alicyclic amines) is 1. The Morgan fingerprint density at radius 3 is 2.19 bits per heavy atom. The molecule has 3 atom stereocenters. The van der Waals surface area contributed by atoms with E-state index in [1.807, 2.05) is 58.0 Å². The van der Waals surface area contributed by atoms with Gasteiger partial charge in [-0.15, -0.1) is 0 Å². The van der Waals surface area contributed by atoms with Crippen molar-refractivity contribution in [2.24, 2.45) is 5.41 Å². The molecular formula is C22H34N2O3. The van der Waals surface area contributed by atoms with Crippen LogP contribution in [0, 0.1) is 5.41 Å². The molecule has 150 valence electrons. The van der Waals surface area contributed by atoms with E-state index in [9.17, 15) is 9.59 Å². The first-order valence-electron chi connectivity index (χ1n) is 9.77. The van der Waals surface area contributed by atoms with Gasteiger partial charge in [-0.05, 0) is 51.5 Å². The van der Waals surface area contributed by atoms with Gasteiger partial charge in [0.05, 0.1) is 6.04 Å². The number of benzene rings is 1. The standard InChI is InChI=1S/C22H34N2O3/c1-15(16-11-9-8-10-12-16)23-19(25)17-13-14-18(21(2,3)4)24(17)20(26)27-22(5,6)7/h8-12,15,17-18H,13-14H2,1-7H3,(H,23,25)/t15-,17+,18+/m1/s1. The zero-order valence-electron chi connectivity index (χ0n) is 17.7. The van der Waals surface area contributed by atoms with E-state index in [0.717, 1.165) is 12.0 Å². The van der Waals surface area contributed by atoms with Crippen LogP contribution in [0.15, 0.2) is 30.3 Å². The highest BCUT2D eigenvalue weighted by Gasteiger charge is 2.47. The first kappa shape index (κ1) is 21.3. The Kier molecular flexibility index (Phi) is 6.23. The quantitative estimate of drug-likeness (QED) is 0.836. The van der Waals surface area contributed by atoms with Gasteiger partial charge < -0.3 is 10.1 Å². The third-order valence-electron chi connectivity index (χ3n) is 4.95. The zero-order valence-corrected chi connectivity index (χ0v) is 17.7. The lowest BCUT2D eigenvalue weighted by atomic mass is 9.85. The second kappa shape index (κ2) is 7.91. The molecule has 0 spiro atoms. The van der Waals surface area contributed by atoms with Crippen LogP contribution in [0.3, 0.4) is 0 Å². The molecule has 1 aliphatic heterocycles. The van der Waals surface area contributed by atoms with Gasteiger partial charge in [-0.2, -0.15) is 0 Å². The van der Waals surface area contributed by atoms with Crippen LogP contribution < -0.4 is 5.32 Å². The lowest BCUT2D eigenvalue weighted by Gasteiger charge is -2.38. The second-order valence-electron chi connectivity index (χ2n) is 9.50.